The normalized spacial score (nSPS) is 15.9. The number of hydrogen-bond donors (Lipinski definition) is 1. The first-order valence-corrected chi connectivity index (χ1v) is 8.50. The number of aryl methyl sites for hydroxylation is 2. The smallest absolute Gasteiger partial charge is 0.242 e. The van der Waals surface area contributed by atoms with E-state index in [2.05, 4.69) is 10.1 Å². The van der Waals surface area contributed by atoms with Gasteiger partial charge < -0.3 is 14.6 Å². The molecule has 2 aromatic heterocycles. The molecule has 0 unspecified atom stereocenters. The molecule has 7 heteroatoms. The van der Waals surface area contributed by atoms with Gasteiger partial charge in [-0.15, -0.1) is 0 Å². The molecule has 1 aliphatic heterocycles. The highest BCUT2D eigenvalue weighted by Gasteiger charge is 2.22. The lowest BCUT2D eigenvalue weighted by atomic mass is 10.2. The third-order valence-corrected chi connectivity index (χ3v) is 4.76. The Labute approximate surface area is 141 Å². The van der Waals surface area contributed by atoms with Gasteiger partial charge in [-0.3, -0.25) is 9.48 Å². The van der Waals surface area contributed by atoms with Gasteiger partial charge in [0.2, 0.25) is 5.91 Å². The second-order valence-electron chi connectivity index (χ2n) is 6.42. The summed E-state index contributed by atoms with van der Waals surface area (Å²) in [4.78, 5) is 18.8. The first-order valence-electron chi connectivity index (χ1n) is 8.50. The molecule has 24 heavy (non-hydrogen) atoms. The summed E-state index contributed by atoms with van der Waals surface area (Å²) in [5.41, 5.74) is 3.66. The Balaban J connectivity index is 1.74. The van der Waals surface area contributed by atoms with Crippen molar-refractivity contribution in [3.63, 3.8) is 0 Å². The summed E-state index contributed by atoms with van der Waals surface area (Å²) in [6.45, 7) is 8.20. The number of hydrogen-bond acceptors (Lipinski definition) is 4. The Morgan fingerprint density at radius 3 is 2.83 bits per heavy atom. The van der Waals surface area contributed by atoms with Crippen molar-refractivity contribution in [2.75, 3.05) is 6.54 Å². The van der Waals surface area contributed by atoms with Crippen molar-refractivity contribution in [1.82, 2.24) is 24.2 Å². The fraction of sp³-hybridized carbons (Fsp3) is 0.588. The van der Waals surface area contributed by atoms with Crippen molar-refractivity contribution in [2.24, 2.45) is 0 Å². The van der Waals surface area contributed by atoms with Crippen molar-refractivity contribution in [3.05, 3.63) is 35.2 Å². The molecule has 130 valence electrons. The highest BCUT2D eigenvalue weighted by atomic mass is 16.3. The number of nitrogens with zero attached hydrogens (tertiary/aromatic N) is 5. The predicted molar refractivity (Wildman–Crippen MR) is 89.2 cm³/mol. The van der Waals surface area contributed by atoms with Gasteiger partial charge in [0.1, 0.15) is 6.54 Å². The highest BCUT2D eigenvalue weighted by molar-refractivity contribution is 5.76. The summed E-state index contributed by atoms with van der Waals surface area (Å²) in [5, 5.41) is 14.5. The minimum Gasteiger partial charge on any atom is -0.387 e. The van der Waals surface area contributed by atoms with Crippen LogP contribution in [0, 0.1) is 13.8 Å². The molecular formula is C17H25N5O2. The molecule has 0 saturated heterocycles. The molecule has 0 aliphatic carbocycles. The fourth-order valence-electron chi connectivity index (χ4n) is 3.02. The number of imidazole rings is 1. The number of amides is 1. The van der Waals surface area contributed by atoms with Crippen LogP contribution in [0.3, 0.4) is 0 Å². The van der Waals surface area contributed by atoms with Gasteiger partial charge in [-0.25, -0.2) is 4.98 Å². The van der Waals surface area contributed by atoms with Gasteiger partial charge in [-0.2, -0.15) is 5.10 Å². The maximum Gasteiger partial charge on any atom is 0.242 e. The van der Waals surface area contributed by atoms with E-state index in [1.807, 2.05) is 41.0 Å². The number of fused-ring (bicyclic) bond motifs is 1. The molecule has 7 nitrogen and oxygen atoms in total. The molecular weight excluding hydrogens is 306 g/mol. The van der Waals surface area contributed by atoms with Crippen LogP contribution in [0.2, 0.25) is 0 Å². The highest BCUT2D eigenvalue weighted by Crippen LogP contribution is 2.20. The molecule has 0 radical (unpaired) electrons. The first-order chi connectivity index (χ1) is 11.5. The van der Waals surface area contributed by atoms with Crippen LogP contribution in [-0.4, -0.2) is 41.8 Å². The zero-order chi connectivity index (χ0) is 17.3. The lowest BCUT2D eigenvalue weighted by molar-refractivity contribution is -0.132. The number of aromatic nitrogens is 4. The van der Waals surface area contributed by atoms with Crippen LogP contribution in [0.5, 0.6) is 0 Å². The SMILES string of the molecule is CC[C@@H](O)c1cc2n(n1)CCCN(C(=O)Cn1cnc(C)c1C)C2. The van der Waals surface area contributed by atoms with Gasteiger partial charge in [0.05, 0.1) is 36.1 Å². The first kappa shape index (κ1) is 16.7. The monoisotopic (exact) mass is 331 g/mol. The largest absolute Gasteiger partial charge is 0.387 e. The molecule has 0 saturated carbocycles. The van der Waals surface area contributed by atoms with Crippen LogP contribution >= 0.6 is 0 Å². The van der Waals surface area contributed by atoms with Gasteiger partial charge >= 0.3 is 0 Å². The van der Waals surface area contributed by atoms with Crippen molar-refractivity contribution >= 4 is 5.91 Å². The van der Waals surface area contributed by atoms with Crippen molar-refractivity contribution in [3.8, 4) is 0 Å². The van der Waals surface area contributed by atoms with Crippen LogP contribution in [0.1, 0.15) is 48.6 Å². The Morgan fingerprint density at radius 2 is 2.17 bits per heavy atom. The number of carbonyl (C=O) groups excluding carboxylic acids is 1. The van der Waals surface area contributed by atoms with Crippen LogP contribution in [-0.2, 0) is 24.4 Å². The van der Waals surface area contributed by atoms with E-state index in [4.69, 9.17) is 0 Å². The van der Waals surface area contributed by atoms with Gasteiger partial charge in [-0.05, 0) is 32.8 Å². The Kier molecular flexibility index (Phi) is 4.71. The van der Waals surface area contributed by atoms with E-state index in [9.17, 15) is 9.90 Å². The Hall–Kier alpha value is -2.15. The van der Waals surface area contributed by atoms with Gasteiger partial charge in [0.25, 0.3) is 0 Å². The van der Waals surface area contributed by atoms with E-state index in [-0.39, 0.29) is 5.91 Å². The molecule has 1 aliphatic rings. The maximum atomic E-state index is 12.7. The van der Waals surface area contributed by atoms with Crippen LogP contribution in [0.4, 0.5) is 0 Å². The number of aliphatic hydroxyl groups is 1. The molecule has 0 bridgehead atoms. The molecule has 1 N–H and O–H groups in total. The van der Waals surface area contributed by atoms with Crippen LogP contribution < -0.4 is 0 Å². The van der Waals surface area contributed by atoms with E-state index >= 15 is 0 Å². The standard InChI is InChI=1S/C17H25N5O2/c1-4-16(23)15-8-14-9-20(6-5-7-22(14)19-15)17(24)10-21-11-18-12(2)13(21)3/h8,11,16,23H,4-7,9-10H2,1-3H3/t16-/m1/s1. The molecule has 3 heterocycles. The topological polar surface area (TPSA) is 76.2 Å². The molecule has 1 amide bonds. The quantitative estimate of drug-likeness (QED) is 0.923. The summed E-state index contributed by atoms with van der Waals surface area (Å²) >= 11 is 0. The summed E-state index contributed by atoms with van der Waals surface area (Å²) < 4.78 is 3.82. The fourth-order valence-corrected chi connectivity index (χ4v) is 3.02. The van der Waals surface area contributed by atoms with Crippen molar-refractivity contribution < 1.29 is 9.90 Å². The minimum atomic E-state index is -0.537. The zero-order valence-corrected chi connectivity index (χ0v) is 14.6. The Morgan fingerprint density at radius 1 is 1.38 bits per heavy atom. The average molecular weight is 331 g/mol. The van der Waals surface area contributed by atoms with Crippen molar-refractivity contribution in [2.45, 2.75) is 59.4 Å². The summed E-state index contributed by atoms with van der Waals surface area (Å²) in [5.74, 6) is 0.0859. The summed E-state index contributed by atoms with van der Waals surface area (Å²) in [6.07, 6.45) is 2.69. The van der Waals surface area contributed by atoms with E-state index in [1.165, 1.54) is 0 Å². The lowest BCUT2D eigenvalue weighted by Gasteiger charge is -2.20. The van der Waals surface area contributed by atoms with Crippen LogP contribution in [0.25, 0.3) is 0 Å². The van der Waals surface area contributed by atoms with Crippen molar-refractivity contribution in [1.29, 1.82) is 0 Å². The maximum absolute atomic E-state index is 12.7. The number of aliphatic hydroxyl groups excluding tert-OH is 1. The minimum absolute atomic E-state index is 0.0859. The molecule has 0 spiro atoms. The Bertz CT molecular complexity index is 733. The third-order valence-electron chi connectivity index (χ3n) is 4.76. The van der Waals surface area contributed by atoms with E-state index in [1.54, 1.807) is 6.33 Å². The molecule has 3 rings (SSSR count). The second-order valence-corrected chi connectivity index (χ2v) is 6.42. The number of carbonyl (C=O) groups is 1. The van der Waals surface area contributed by atoms with E-state index < -0.39 is 6.10 Å². The second kappa shape index (κ2) is 6.76. The zero-order valence-electron chi connectivity index (χ0n) is 14.6. The summed E-state index contributed by atoms with van der Waals surface area (Å²) in [7, 11) is 0. The predicted octanol–water partition coefficient (Wildman–Crippen LogP) is 1.57. The molecule has 0 aromatic carbocycles. The third kappa shape index (κ3) is 3.21. The van der Waals surface area contributed by atoms with E-state index in [0.717, 1.165) is 36.6 Å². The summed E-state index contributed by atoms with van der Waals surface area (Å²) in [6, 6.07) is 1.92. The molecule has 2 aromatic rings. The lowest BCUT2D eigenvalue weighted by Crippen LogP contribution is -2.33. The van der Waals surface area contributed by atoms with Gasteiger partial charge in [-0.1, -0.05) is 6.92 Å². The van der Waals surface area contributed by atoms with Gasteiger partial charge in [0.15, 0.2) is 0 Å². The van der Waals surface area contributed by atoms with Crippen LogP contribution in [0.15, 0.2) is 12.4 Å². The number of rotatable bonds is 4. The average Bonchev–Trinajstić information content (AvgIpc) is 3.04. The van der Waals surface area contributed by atoms with E-state index in [0.29, 0.717) is 25.2 Å². The molecule has 1 atom stereocenters. The van der Waals surface area contributed by atoms with Gasteiger partial charge in [0, 0.05) is 18.8 Å². The molecule has 0 fully saturated rings.